The fourth-order valence-electron chi connectivity index (χ4n) is 5.25. The third kappa shape index (κ3) is 5.01. The van der Waals surface area contributed by atoms with Gasteiger partial charge >= 0.3 is 0 Å². The molecule has 5 heteroatoms. The van der Waals surface area contributed by atoms with E-state index in [1.54, 1.807) is 11.8 Å². The zero-order valence-corrected chi connectivity index (χ0v) is 21.3. The topological polar surface area (TPSA) is 67.5 Å². The molecule has 1 atom stereocenters. The Kier molecular flexibility index (Phi) is 6.96. The number of carbonyl (C=O) groups is 1. The highest BCUT2D eigenvalue weighted by Crippen LogP contribution is 2.45. The smallest absolute Gasteiger partial charge is 0.248 e. The lowest BCUT2D eigenvalue weighted by atomic mass is 9.81. The maximum Gasteiger partial charge on any atom is 0.248 e. The Morgan fingerprint density at radius 1 is 1.06 bits per heavy atom. The van der Waals surface area contributed by atoms with E-state index in [4.69, 9.17) is 10.7 Å². The summed E-state index contributed by atoms with van der Waals surface area (Å²) in [7, 11) is 0. The Bertz CT molecular complexity index is 1260. The number of aliphatic imine (C=N–C) groups is 1. The van der Waals surface area contributed by atoms with E-state index in [1.165, 1.54) is 40.8 Å². The predicted octanol–water partition coefficient (Wildman–Crippen LogP) is 7.69. The van der Waals surface area contributed by atoms with Crippen molar-refractivity contribution in [3.05, 3.63) is 82.9 Å². The highest BCUT2D eigenvalue weighted by atomic mass is 32.2. The van der Waals surface area contributed by atoms with Crippen LogP contribution < -0.4 is 11.1 Å². The minimum Gasteiger partial charge on any atom is -0.378 e. The third-order valence-electron chi connectivity index (χ3n) is 7.22. The Morgan fingerprint density at radius 3 is 2.54 bits per heavy atom. The van der Waals surface area contributed by atoms with Gasteiger partial charge in [0.25, 0.3) is 0 Å². The number of carbonyl (C=O) groups excluding carboxylic acids is 1. The van der Waals surface area contributed by atoms with Gasteiger partial charge in [0, 0.05) is 38.6 Å². The van der Waals surface area contributed by atoms with Crippen LogP contribution in [-0.2, 0) is 6.42 Å². The van der Waals surface area contributed by atoms with Crippen LogP contribution in [0, 0.1) is 5.92 Å². The molecule has 3 aromatic carbocycles. The number of rotatable bonds is 6. The summed E-state index contributed by atoms with van der Waals surface area (Å²) >= 11 is 1.74. The summed E-state index contributed by atoms with van der Waals surface area (Å²) < 4.78 is 0. The van der Waals surface area contributed by atoms with Crippen LogP contribution in [0.25, 0.3) is 0 Å². The summed E-state index contributed by atoms with van der Waals surface area (Å²) in [5.74, 6) is 0.00468. The maximum atomic E-state index is 11.9. The molecule has 1 aliphatic carbocycles. The molecular formula is C30H33N3OS. The SMILES string of the molecule is CCc1ccc(NC(C)c2cccc3c2C(C2CCCCC2)=Nc2cc(C(N)=O)ccc2S3)cc1. The maximum absolute atomic E-state index is 11.9. The van der Waals surface area contributed by atoms with Gasteiger partial charge in [0.05, 0.1) is 11.4 Å². The monoisotopic (exact) mass is 483 g/mol. The van der Waals surface area contributed by atoms with Gasteiger partial charge < -0.3 is 11.1 Å². The van der Waals surface area contributed by atoms with Crippen LogP contribution in [0.3, 0.4) is 0 Å². The number of nitrogens with two attached hydrogens (primary N) is 1. The summed E-state index contributed by atoms with van der Waals surface area (Å²) in [6, 6.07) is 21.1. The quantitative estimate of drug-likeness (QED) is 0.378. The minimum absolute atomic E-state index is 0.120. The Hall–Kier alpha value is -3.05. The first-order valence-corrected chi connectivity index (χ1v) is 13.5. The fraction of sp³-hybridized carbons (Fsp3) is 0.333. The number of nitrogens with one attached hydrogen (secondary N) is 1. The van der Waals surface area contributed by atoms with Gasteiger partial charge in [-0.25, -0.2) is 0 Å². The van der Waals surface area contributed by atoms with Gasteiger partial charge in [-0.2, -0.15) is 0 Å². The van der Waals surface area contributed by atoms with E-state index < -0.39 is 5.91 Å². The Balaban J connectivity index is 1.59. The van der Waals surface area contributed by atoms with Crippen molar-refractivity contribution >= 4 is 34.8 Å². The second-order valence-corrected chi connectivity index (χ2v) is 10.7. The molecule has 1 amide bonds. The normalized spacial score (nSPS) is 16.5. The van der Waals surface area contributed by atoms with Crippen LogP contribution >= 0.6 is 11.8 Å². The van der Waals surface area contributed by atoms with E-state index in [-0.39, 0.29) is 6.04 Å². The summed E-state index contributed by atoms with van der Waals surface area (Å²) in [4.78, 5) is 19.5. The number of primary amides is 1. The van der Waals surface area contributed by atoms with Crippen molar-refractivity contribution in [3.8, 4) is 0 Å². The molecule has 180 valence electrons. The molecule has 1 aliphatic heterocycles. The van der Waals surface area contributed by atoms with Crippen LogP contribution in [0.5, 0.6) is 0 Å². The Morgan fingerprint density at radius 2 is 1.83 bits per heavy atom. The van der Waals surface area contributed by atoms with Crippen molar-refractivity contribution in [2.24, 2.45) is 16.6 Å². The van der Waals surface area contributed by atoms with E-state index in [1.807, 2.05) is 18.2 Å². The number of nitrogens with zero attached hydrogens (tertiary/aromatic N) is 1. The number of fused-ring (bicyclic) bond motifs is 2. The molecule has 1 saturated carbocycles. The second-order valence-electron chi connectivity index (χ2n) is 9.62. The molecule has 3 N–H and O–H groups in total. The zero-order chi connectivity index (χ0) is 24.4. The van der Waals surface area contributed by atoms with Gasteiger partial charge in [-0.05, 0) is 73.7 Å². The number of benzene rings is 3. The molecule has 2 aliphatic rings. The summed E-state index contributed by atoms with van der Waals surface area (Å²) in [5.41, 5.74) is 13.1. The van der Waals surface area contributed by atoms with Gasteiger partial charge in [-0.1, -0.05) is 62.2 Å². The minimum atomic E-state index is -0.415. The van der Waals surface area contributed by atoms with E-state index in [2.05, 4.69) is 61.6 Å². The highest BCUT2D eigenvalue weighted by molar-refractivity contribution is 7.99. The van der Waals surface area contributed by atoms with Crippen molar-refractivity contribution in [2.45, 2.75) is 68.2 Å². The predicted molar refractivity (Wildman–Crippen MR) is 146 cm³/mol. The lowest BCUT2D eigenvalue weighted by molar-refractivity contribution is 0.1000. The second kappa shape index (κ2) is 10.3. The standard InChI is InChI=1S/C30H33N3OS/c1-3-20-12-15-23(16-13-20)32-19(2)24-10-7-11-27-28(24)29(21-8-5-4-6-9-21)33-25-18-22(30(31)34)14-17-26(25)35-27/h7,10-19,21,32H,3-6,8-9H2,1-2H3,(H2,31,34). The molecule has 3 aromatic rings. The number of aryl methyl sites for hydroxylation is 1. The first kappa shape index (κ1) is 23.7. The molecule has 0 aromatic heterocycles. The van der Waals surface area contributed by atoms with Gasteiger partial charge in [0.15, 0.2) is 0 Å². The van der Waals surface area contributed by atoms with Crippen LogP contribution in [0.4, 0.5) is 11.4 Å². The zero-order valence-electron chi connectivity index (χ0n) is 20.5. The van der Waals surface area contributed by atoms with Gasteiger partial charge in [-0.3, -0.25) is 9.79 Å². The molecule has 4 nitrogen and oxygen atoms in total. The molecular weight excluding hydrogens is 450 g/mol. The van der Waals surface area contributed by atoms with Gasteiger partial charge in [0.2, 0.25) is 5.91 Å². The number of amides is 1. The van der Waals surface area contributed by atoms with Gasteiger partial charge in [0.1, 0.15) is 0 Å². The molecule has 0 spiro atoms. The van der Waals surface area contributed by atoms with Crippen LogP contribution in [-0.4, -0.2) is 11.6 Å². The summed E-state index contributed by atoms with van der Waals surface area (Å²) in [6.07, 6.45) is 7.12. The first-order chi connectivity index (χ1) is 17.0. The van der Waals surface area contributed by atoms with Crippen molar-refractivity contribution < 1.29 is 4.79 Å². The van der Waals surface area contributed by atoms with Crippen LogP contribution in [0.1, 0.15) is 79.0 Å². The lowest BCUT2D eigenvalue weighted by Crippen LogP contribution is -2.22. The van der Waals surface area contributed by atoms with Crippen molar-refractivity contribution in [3.63, 3.8) is 0 Å². The molecule has 0 saturated heterocycles. The lowest BCUT2D eigenvalue weighted by Gasteiger charge is -2.27. The van der Waals surface area contributed by atoms with Crippen molar-refractivity contribution in [1.82, 2.24) is 0 Å². The Labute approximate surface area is 212 Å². The summed E-state index contributed by atoms with van der Waals surface area (Å²) in [5, 5.41) is 3.72. The van der Waals surface area contributed by atoms with Crippen molar-refractivity contribution in [2.75, 3.05) is 5.32 Å². The first-order valence-electron chi connectivity index (χ1n) is 12.7. The molecule has 0 radical (unpaired) electrons. The van der Waals surface area contributed by atoms with E-state index in [0.29, 0.717) is 11.5 Å². The van der Waals surface area contributed by atoms with E-state index >= 15 is 0 Å². The molecule has 1 unspecified atom stereocenters. The molecule has 0 bridgehead atoms. The fourth-order valence-corrected chi connectivity index (χ4v) is 6.31. The molecule has 1 fully saturated rings. The van der Waals surface area contributed by atoms with Crippen LogP contribution in [0.15, 0.2) is 75.4 Å². The molecule has 5 rings (SSSR count). The molecule has 35 heavy (non-hydrogen) atoms. The van der Waals surface area contributed by atoms with E-state index in [9.17, 15) is 4.79 Å². The average molecular weight is 484 g/mol. The number of hydrogen-bond acceptors (Lipinski definition) is 4. The molecule has 1 heterocycles. The largest absolute Gasteiger partial charge is 0.378 e. The number of anilines is 1. The highest BCUT2D eigenvalue weighted by Gasteiger charge is 2.29. The average Bonchev–Trinajstić information content (AvgIpc) is 3.05. The van der Waals surface area contributed by atoms with Crippen LogP contribution in [0.2, 0.25) is 0 Å². The van der Waals surface area contributed by atoms with E-state index in [0.717, 1.165) is 41.2 Å². The number of hydrogen-bond donors (Lipinski definition) is 2. The van der Waals surface area contributed by atoms with Gasteiger partial charge in [-0.15, -0.1) is 0 Å². The van der Waals surface area contributed by atoms with Crippen molar-refractivity contribution in [1.29, 1.82) is 0 Å². The summed E-state index contributed by atoms with van der Waals surface area (Å²) in [6.45, 7) is 4.41. The third-order valence-corrected chi connectivity index (χ3v) is 8.35.